The van der Waals surface area contributed by atoms with Crippen LogP contribution >= 0.6 is 0 Å². The fourth-order valence-electron chi connectivity index (χ4n) is 4.28. The van der Waals surface area contributed by atoms with Crippen LogP contribution in [-0.2, 0) is 10.0 Å². The van der Waals surface area contributed by atoms with Gasteiger partial charge in [0.25, 0.3) is 0 Å². The van der Waals surface area contributed by atoms with Crippen LogP contribution in [0.25, 0.3) is 0 Å². The Morgan fingerprint density at radius 2 is 1.83 bits per heavy atom. The number of nitrogens with zero attached hydrogens (tertiary/aromatic N) is 1. The molecular formula is C18H27N3O2S. The van der Waals surface area contributed by atoms with Crippen LogP contribution in [0.4, 0.5) is 5.69 Å². The highest BCUT2D eigenvalue weighted by atomic mass is 32.2. The maximum absolute atomic E-state index is 12.6. The van der Waals surface area contributed by atoms with Crippen LogP contribution < -0.4 is 10.5 Å². The zero-order valence-electron chi connectivity index (χ0n) is 14.3. The first-order valence-electron chi connectivity index (χ1n) is 8.99. The van der Waals surface area contributed by atoms with Gasteiger partial charge in [0.1, 0.15) is 0 Å². The Morgan fingerprint density at radius 3 is 2.42 bits per heavy atom. The van der Waals surface area contributed by atoms with Crippen LogP contribution in [0.5, 0.6) is 0 Å². The number of likely N-dealkylation sites (tertiary alicyclic amines) is 1. The second-order valence-corrected chi connectivity index (χ2v) is 9.76. The summed E-state index contributed by atoms with van der Waals surface area (Å²) in [4.78, 5) is 2.93. The quantitative estimate of drug-likeness (QED) is 0.818. The van der Waals surface area contributed by atoms with Crippen molar-refractivity contribution in [1.29, 1.82) is 0 Å². The number of benzene rings is 1. The summed E-state index contributed by atoms with van der Waals surface area (Å²) < 4.78 is 28.1. The first-order valence-corrected chi connectivity index (χ1v) is 10.5. The van der Waals surface area contributed by atoms with E-state index in [4.69, 9.17) is 5.73 Å². The fourth-order valence-corrected chi connectivity index (χ4v) is 5.67. The lowest BCUT2D eigenvalue weighted by Crippen LogP contribution is -2.59. The molecule has 0 radical (unpaired) electrons. The summed E-state index contributed by atoms with van der Waals surface area (Å²) in [6.45, 7) is 4.30. The van der Waals surface area contributed by atoms with Crippen LogP contribution in [0, 0.1) is 12.3 Å². The second kappa shape index (κ2) is 5.71. The molecule has 0 bridgehead atoms. The maximum Gasteiger partial charge on any atom is 0.240 e. The molecule has 0 atom stereocenters. The van der Waals surface area contributed by atoms with Gasteiger partial charge in [-0.3, -0.25) is 4.90 Å². The smallest absolute Gasteiger partial charge is 0.240 e. The molecule has 132 valence electrons. The normalized spacial score (nSPS) is 24.9. The first-order chi connectivity index (χ1) is 11.4. The van der Waals surface area contributed by atoms with Gasteiger partial charge >= 0.3 is 0 Å². The number of nitrogen functional groups attached to an aromatic ring is 1. The average Bonchev–Trinajstić information content (AvgIpc) is 3.33. The Hall–Kier alpha value is -1.11. The van der Waals surface area contributed by atoms with Crippen LogP contribution in [0.3, 0.4) is 0 Å². The van der Waals surface area contributed by atoms with Crippen LogP contribution in [0.15, 0.2) is 23.1 Å². The van der Waals surface area contributed by atoms with Gasteiger partial charge in [-0.05, 0) is 74.6 Å². The van der Waals surface area contributed by atoms with E-state index in [1.807, 2.05) is 6.92 Å². The number of hydrogen-bond donors (Lipinski definition) is 2. The molecule has 1 spiro atoms. The molecule has 1 aromatic rings. The van der Waals surface area contributed by atoms with Gasteiger partial charge in [0.15, 0.2) is 0 Å². The predicted molar refractivity (Wildman–Crippen MR) is 95.2 cm³/mol. The molecule has 2 aliphatic carbocycles. The molecule has 0 aromatic heterocycles. The van der Waals surface area contributed by atoms with Crippen molar-refractivity contribution in [1.82, 2.24) is 9.62 Å². The summed E-state index contributed by atoms with van der Waals surface area (Å²) in [5.74, 6) is 0. The van der Waals surface area contributed by atoms with Crippen molar-refractivity contribution in [3.63, 3.8) is 0 Å². The molecule has 3 N–H and O–H groups in total. The van der Waals surface area contributed by atoms with Gasteiger partial charge in [0.2, 0.25) is 10.0 Å². The molecule has 4 rings (SSSR count). The van der Waals surface area contributed by atoms with E-state index in [1.54, 1.807) is 18.2 Å². The highest BCUT2D eigenvalue weighted by Crippen LogP contribution is 2.47. The fraction of sp³-hybridized carbons (Fsp3) is 0.667. The van der Waals surface area contributed by atoms with Gasteiger partial charge in [0.05, 0.1) is 4.90 Å². The number of nitrogens with one attached hydrogen (secondary N) is 1. The molecule has 3 fully saturated rings. The van der Waals surface area contributed by atoms with Crippen molar-refractivity contribution in [3.05, 3.63) is 23.8 Å². The summed E-state index contributed by atoms with van der Waals surface area (Å²) in [7, 11) is -3.46. The van der Waals surface area contributed by atoms with Crippen molar-refractivity contribution in [2.45, 2.75) is 62.4 Å². The van der Waals surface area contributed by atoms with E-state index in [0.717, 1.165) is 37.3 Å². The van der Waals surface area contributed by atoms with Gasteiger partial charge in [-0.15, -0.1) is 0 Å². The molecule has 1 heterocycles. The van der Waals surface area contributed by atoms with E-state index in [2.05, 4.69) is 9.62 Å². The number of hydrogen-bond acceptors (Lipinski definition) is 4. The Morgan fingerprint density at radius 1 is 1.17 bits per heavy atom. The Kier molecular flexibility index (Phi) is 3.90. The highest BCUT2D eigenvalue weighted by molar-refractivity contribution is 7.89. The number of anilines is 1. The van der Waals surface area contributed by atoms with Crippen molar-refractivity contribution >= 4 is 15.7 Å². The molecule has 0 unspecified atom stereocenters. The number of sulfonamides is 1. The van der Waals surface area contributed by atoms with Gasteiger partial charge in [-0.25, -0.2) is 13.1 Å². The largest absolute Gasteiger partial charge is 0.399 e. The van der Waals surface area contributed by atoms with Crippen molar-refractivity contribution in [3.8, 4) is 0 Å². The third-order valence-corrected chi connectivity index (χ3v) is 7.58. The SMILES string of the molecule is Cc1cc(S(=O)(=O)NC2CCC3(CC2)CN(C2CC2)C3)ccc1N. The molecule has 0 amide bonds. The zero-order chi connectivity index (χ0) is 16.9. The van der Waals surface area contributed by atoms with E-state index >= 15 is 0 Å². The van der Waals surface area contributed by atoms with E-state index in [9.17, 15) is 8.42 Å². The molecule has 24 heavy (non-hydrogen) atoms. The summed E-state index contributed by atoms with van der Waals surface area (Å²) in [6, 6.07) is 5.84. The lowest BCUT2D eigenvalue weighted by Gasteiger charge is -2.54. The molecule has 3 aliphatic rings. The van der Waals surface area contributed by atoms with Crippen molar-refractivity contribution in [2.75, 3.05) is 18.8 Å². The first kappa shape index (κ1) is 16.4. The third kappa shape index (κ3) is 3.07. The van der Waals surface area contributed by atoms with Crippen LogP contribution in [-0.4, -0.2) is 38.5 Å². The Labute approximate surface area is 144 Å². The topological polar surface area (TPSA) is 75.4 Å². The minimum Gasteiger partial charge on any atom is -0.399 e. The monoisotopic (exact) mass is 349 g/mol. The van der Waals surface area contributed by atoms with E-state index < -0.39 is 10.0 Å². The Bertz CT molecular complexity index is 727. The maximum atomic E-state index is 12.6. The summed E-state index contributed by atoms with van der Waals surface area (Å²) in [6.07, 6.45) is 6.94. The molecular weight excluding hydrogens is 322 g/mol. The molecule has 1 aliphatic heterocycles. The van der Waals surface area contributed by atoms with Crippen molar-refractivity contribution < 1.29 is 8.42 Å². The van der Waals surface area contributed by atoms with Gasteiger partial charge < -0.3 is 5.73 Å². The number of aryl methyl sites for hydroxylation is 1. The lowest BCUT2D eigenvalue weighted by atomic mass is 9.67. The van der Waals surface area contributed by atoms with Gasteiger partial charge in [0, 0.05) is 30.9 Å². The average molecular weight is 350 g/mol. The molecule has 1 aromatic carbocycles. The van der Waals surface area contributed by atoms with Crippen molar-refractivity contribution in [2.24, 2.45) is 5.41 Å². The zero-order valence-corrected chi connectivity index (χ0v) is 15.1. The Balaban J connectivity index is 1.35. The minimum absolute atomic E-state index is 0.0634. The lowest BCUT2D eigenvalue weighted by molar-refractivity contribution is -0.0373. The van der Waals surface area contributed by atoms with Gasteiger partial charge in [-0.1, -0.05) is 0 Å². The highest BCUT2D eigenvalue weighted by Gasteiger charge is 2.49. The summed E-state index contributed by atoms with van der Waals surface area (Å²) >= 11 is 0. The number of rotatable bonds is 4. The van der Waals surface area contributed by atoms with E-state index in [1.165, 1.54) is 25.9 Å². The van der Waals surface area contributed by atoms with E-state index in [-0.39, 0.29) is 6.04 Å². The number of nitrogens with two attached hydrogens (primary N) is 1. The molecule has 5 nitrogen and oxygen atoms in total. The standard InChI is InChI=1S/C18H27N3O2S/c1-13-10-16(4-5-17(13)19)24(22,23)20-14-6-8-18(9-7-14)11-21(12-18)15-2-3-15/h4-5,10,14-15,20H,2-3,6-9,11-12,19H2,1H3. The molecule has 2 saturated carbocycles. The predicted octanol–water partition coefficient (Wildman–Crippen LogP) is 2.26. The molecule has 6 heteroatoms. The van der Waals surface area contributed by atoms with E-state index in [0.29, 0.717) is 16.0 Å². The van der Waals surface area contributed by atoms with Crippen LogP contribution in [0.2, 0.25) is 0 Å². The third-order valence-electron chi connectivity index (χ3n) is 6.06. The summed E-state index contributed by atoms with van der Waals surface area (Å²) in [5.41, 5.74) is 7.68. The second-order valence-electron chi connectivity index (χ2n) is 8.05. The molecule has 1 saturated heterocycles. The van der Waals surface area contributed by atoms with Gasteiger partial charge in [-0.2, -0.15) is 0 Å². The summed E-state index contributed by atoms with van der Waals surface area (Å²) in [5, 5.41) is 0. The minimum atomic E-state index is -3.46. The van der Waals surface area contributed by atoms with Crippen LogP contribution in [0.1, 0.15) is 44.1 Å².